The number of alkyl halides is 3. The smallest absolute Gasteiger partial charge is 0.218 e. The highest BCUT2D eigenvalue weighted by Crippen LogP contribution is 2.35. The summed E-state index contributed by atoms with van der Waals surface area (Å²) in [7, 11) is 0. The van der Waals surface area contributed by atoms with Crippen LogP contribution in [0.15, 0.2) is 30.3 Å². The summed E-state index contributed by atoms with van der Waals surface area (Å²) < 4.78 is -1.63. The molecule has 0 unspecified atom stereocenters. The molecule has 19 heavy (non-hydrogen) atoms. The van der Waals surface area contributed by atoms with Crippen LogP contribution in [-0.2, 0) is 16.6 Å². The molecule has 0 saturated carbocycles. The van der Waals surface area contributed by atoms with Crippen molar-refractivity contribution in [1.29, 1.82) is 0 Å². The lowest BCUT2D eigenvalue weighted by Gasteiger charge is -2.11. The molecule has 0 saturated heterocycles. The maximum absolute atomic E-state index is 5.84. The molecule has 0 N–H and O–H groups in total. The van der Waals surface area contributed by atoms with Gasteiger partial charge in [-0.3, -0.25) is 0 Å². The summed E-state index contributed by atoms with van der Waals surface area (Å²) >= 11 is 17.5. The fraction of sp³-hybridized carbons (Fsp3) is 0.308. The zero-order valence-electron chi connectivity index (χ0n) is 10.3. The molecule has 2 rings (SSSR count). The Balaban J connectivity index is 2.35. The summed E-state index contributed by atoms with van der Waals surface area (Å²) in [5, 5.41) is 0. The Kier molecular flexibility index (Phi) is 4.61. The largest absolute Gasteiger partial charge is 0.250 e. The van der Waals surface area contributed by atoms with Gasteiger partial charge in [-0.05, 0) is 5.56 Å². The highest BCUT2D eigenvalue weighted by Gasteiger charge is 2.28. The van der Waals surface area contributed by atoms with Crippen molar-refractivity contribution < 1.29 is 0 Å². The Bertz CT molecular complexity index is 553. The summed E-state index contributed by atoms with van der Waals surface area (Å²) in [5.74, 6) is 1.41. The van der Waals surface area contributed by atoms with Gasteiger partial charge in [-0.1, -0.05) is 72.1 Å². The van der Waals surface area contributed by atoms with Crippen LogP contribution in [-0.4, -0.2) is 15.0 Å². The van der Waals surface area contributed by atoms with E-state index in [-0.39, 0.29) is 5.82 Å². The topological polar surface area (TPSA) is 38.7 Å². The van der Waals surface area contributed by atoms with Crippen molar-refractivity contribution in [3.05, 3.63) is 53.4 Å². The number of hydrogen-bond acceptors (Lipinski definition) is 3. The van der Waals surface area contributed by atoms with Crippen molar-refractivity contribution in [2.24, 2.45) is 0 Å². The van der Waals surface area contributed by atoms with Gasteiger partial charge in [0.2, 0.25) is 3.79 Å². The van der Waals surface area contributed by atoms with Gasteiger partial charge in [-0.25, -0.2) is 15.0 Å². The van der Waals surface area contributed by atoms with Gasteiger partial charge in [0.25, 0.3) is 0 Å². The lowest BCUT2D eigenvalue weighted by molar-refractivity contribution is 0.785. The Morgan fingerprint density at radius 1 is 0.947 bits per heavy atom. The molecule has 0 aliphatic carbocycles. The Morgan fingerprint density at radius 2 is 1.58 bits per heavy atom. The Hall–Kier alpha value is -0.900. The monoisotopic (exact) mass is 315 g/mol. The van der Waals surface area contributed by atoms with Crippen molar-refractivity contribution in [2.45, 2.75) is 23.6 Å². The molecule has 2 aromatic rings. The van der Waals surface area contributed by atoms with Gasteiger partial charge < -0.3 is 0 Å². The highest BCUT2D eigenvalue weighted by atomic mass is 35.6. The first-order valence-corrected chi connectivity index (χ1v) is 6.97. The predicted octanol–water partition coefficient (Wildman–Crippen LogP) is 3.85. The van der Waals surface area contributed by atoms with Gasteiger partial charge in [0.05, 0.1) is 0 Å². The van der Waals surface area contributed by atoms with Gasteiger partial charge in [-0.2, -0.15) is 0 Å². The number of aryl methyl sites for hydroxylation is 1. The van der Waals surface area contributed by atoms with Gasteiger partial charge in [0.1, 0.15) is 11.6 Å². The lowest BCUT2D eigenvalue weighted by Crippen LogP contribution is -2.14. The molecule has 0 spiro atoms. The molecule has 3 nitrogen and oxygen atoms in total. The van der Waals surface area contributed by atoms with Crippen LogP contribution in [0.25, 0.3) is 0 Å². The van der Waals surface area contributed by atoms with E-state index >= 15 is 0 Å². The minimum atomic E-state index is -1.63. The molecule has 0 bridgehead atoms. The van der Waals surface area contributed by atoms with Crippen LogP contribution >= 0.6 is 34.8 Å². The van der Waals surface area contributed by atoms with Gasteiger partial charge in [-0.15, -0.1) is 0 Å². The van der Waals surface area contributed by atoms with Crippen LogP contribution in [0.3, 0.4) is 0 Å². The van der Waals surface area contributed by atoms with Crippen molar-refractivity contribution in [3.8, 4) is 0 Å². The first-order chi connectivity index (χ1) is 8.99. The molecule has 0 aliphatic rings. The van der Waals surface area contributed by atoms with E-state index in [9.17, 15) is 0 Å². The van der Waals surface area contributed by atoms with E-state index in [1.807, 2.05) is 37.3 Å². The van der Waals surface area contributed by atoms with Crippen LogP contribution < -0.4 is 0 Å². The standard InChI is InChI=1S/C13H12Cl3N3/c1-2-10-17-11(8-9-6-4-3-5-7-9)19-12(18-10)13(14,15)16/h3-7H,2,8H2,1H3. The number of halogens is 3. The molecular formula is C13H12Cl3N3. The zero-order valence-corrected chi connectivity index (χ0v) is 12.5. The molecule has 0 aliphatic heterocycles. The second-order valence-electron chi connectivity index (χ2n) is 4.01. The van der Waals surface area contributed by atoms with Crippen molar-refractivity contribution in [3.63, 3.8) is 0 Å². The van der Waals surface area contributed by atoms with Crippen LogP contribution in [0.2, 0.25) is 0 Å². The Morgan fingerprint density at radius 3 is 2.16 bits per heavy atom. The maximum atomic E-state index is 5.84. The average Bonchev–Trinajstić information content (AvgIpc) is 2.38. The maximum Gasteiger partial charge on any atom is 0.250 e. The molecular weight excluding hydrogens is 305 g/mol. The first-order valence-electron chi connectivity index (χ1n) is 5.84. The fourth-order valence-corrected chi connectivity index (χ4v) is 1.86. The summed E-state index contributed by atoms with van der Waals surface area (Å²) in [6, 6.07) is 9.90. The highest BCUT2D eigenvalue weighted by molar-refractivity contribution is 6.66. The van der Waals surface area contributed by atoms with E-state index < -0.39 is 3.79 Å². The van der Waals surface area contributed by atoms with Gasteiger partial charge in [0.15, 0.2) is 5.82 Å². The number of hydrogen-bond donors (Lipinski definition) is 0. The van der Waals surface area contributed by atoms with E-state index in [0.29, 0.717) is 24.5 Å². The van der Waals surface area contributed by atoms with E-state index in [0.717, 1.165) is 5.56 Å². The fourth-order valence-electron chi connectivity index (χ4n) is 1.61. The normalized spacial score (nSPS) is 11.6. The van der Waals surface area contributed by atoms with Gasteiger partial charge >= 0.3 is 0 Å². The molecule has 0 amide bonds. The third kappa shape index (κ3) is 4.03. The number of nitrogens with zero attached hydrogens (tertiary/aromatic N) is 3. The van der Waals surface area contributed by atoms with Crippen molar-refractivity contribution >= 4 is 34.8 Å². The third-order valence-electron chi connectivity index (χ3n) is 2.50. The van der Waals surface area contributed by atoms with Crippen LogP contribution in [0.1, 0.15) is 30.0 Å². The summed E-state index contributed by atoms with van der Waals surface area (Å²) in [5.41, 5.74) is 1.10. The van der Waals surface area contributed by atoms with E-state index in [1.54, 1.807) is 0 Å². The molecule has 100 valence electrons. The molecule has 0 fully saturated rings. The van der Waals surface area contributed by atoms with Crippen molar-refractivity contribution in [2.75, 3.05) is 0 Å². The number of rotatable bonds is 3. The molecule has 1 heterocycles. The quantitative estimate of drug-likeness (QED) is 0.807. The van der Waals surface area contributed by atoms with Crippen LogP contribution in [0.5, 0.6) is 0 Å². The van der Waals surface area contributed by atoms with E-state index in [1.165, 1.54) is 0 Å². The molecule has 1 aromatic heterocycles. The molecule has 6 heteroatoms. The minimum absolute atomic E-state index is 0.176. The summed E-state index contributed by atoms with van der Waals surface area (Å²) in [6.07, 6.45) is 1.25. The van der Waals surface area contributed by atoms with Crippen LogP contribution in [0.4, 0.5) is 0 Å². The molecule has 0 atom stereocenters. The summed E-state index contributed by atoms with van der Waals surface area (Å²) in [4.78, 5) is 12.7. The molecule has 1 aromatic carbocycles. The van der Waals surface area contributed by atoms with E-state index in [2.05, 4.69) is 15.0 Å². The van der Waals surface area contributed by atoms with Gasteiger partial charge in [0, 0.05) is 12.8 Å². The number of aromatic nitrogens is 3. The SMILES string of the molecule is CCc1nc(Cc2ccccc2)nc(C(Cl)(Cl)Cl)n1. The average molecular weight is 317 g/mol. The second-order valence-corrected chi connectivity index (χ2v) is 6.29. The zero-order chi connectivity index (χ0) is 13.9. The summed E-state index contributed by atoms with van der Waals surface area (Å²) in [6.45, 7) is 1.95. The predicted molar refractivity (Wildman–Crippen MR) is 77.7 cm³/mol. The second kappa shape index (κ2) is 6.04. The van der Waals surface area contributed by atoms with E-state index in [4.69, 9.17) is 34.8 Å². The Labute approximate surface area is 127 Å². The molecule has 0 radical (unpaired) electrons. The minimum Gasteiger partial charge on any atom is -0.218 e. The van der Waals surface area contributed by atoms with Crippen LogP contribution in [0, 0.1) is 0 Å². The van der Waals surface area contributed by atoms with Crippen molar-refractivity contribution in [1.82, 2.24) is 15.0 Å². The third-order valence-corrected chi connectivity index (χ3v) is 3.01. The number of benzene rings is 1. The lowest BCUT2D eigenvalue weighted by atomic mass is 10.1. The first kappa shape index (κ1) is 14.5.